The monoisotopic (exact) mass is 326 g/mol. The highest BCUT2D eigenvalue weighted by molar-refractivity contribution is 5.96. The van der Waals surface area contributed by atoms with Gasteiger partial charge in [-0.15, -0.1) is 0 Å². The number of nitrogens with one attached hydrogen (secondary N) is 1. The van der Waals surface area contributed by atoms with Gasteiger partial charge in [-0.25, -0.2) is 9.97 Å². The zero-order chi connectivity index (χ0) is 17.0. The molecular formula is C18H22N4O2. The maximum atomic E-state index is 12.9. The van der Waals surface area contributed by atoms with Crippen molar-refractivity contribution in [3.63, 3.8) is 0 Å². The predicted molar refractivity (Wildman–Crippen MR) is 92.8 cm³/mol. The van der Waals surface area contributed by atoms with E-state index in [9.17, 15) is 9.90 Å². The summed E-state index contributed by atoms with van der Waals surface area (Å²) < 4.78 is 0. The Morgan fingerprint density at radius 2 is 2.00 bits per heavy atom. The van der Waals surface area contributed by atoms with Crippen LogP contribution in [0.1, 0.15) is 18.4 Å². The molecule has 0 spiro atoms. The highest BCUT2D eigenvalue weighted by Crippen LogP contribution is 2.36. The Balaban J connectivity index is 1.76. The lowest BCUT2D eigenvalue weighted by Gasteiger charge is -2.27. The van der Waals surface area contributed by atoms with Crippen LogP contribution in [0.25, 0.3) is 0 Å². The first-order valence-electron chi connectivity index (χ1n) is 8.14. The van der Waals surface area contributed by atoms with Crippen LogP contribution in [0.3, 0.4) is 0 Å². The third-order valence-corrected chi connectivity index (χ3v) is 4.57. The number of carbonyl (C=O) groups is 1. The van der Waals surface area contributed by atoms with Crippen molar-refractivity contribution >= 4 is 17.5 Å². The van der Waals surface area contributed by atoms with E-state index in [4.69, 9.17) is 0 Å². The average Bonchev–Trinajstić information content (AvgIpc) is 3.04. The molecule has 6 nitrogen and oxygen atoms in total. The van der Waals surface area contributed by atoms with Gasteiger partial charge in [-0.2, -0.15) is 0 Å². The first-order chi connectivity index (χ1) is 11.6. The topological polar surface area (TPSA) is 78.4 Å². The number of rotatable bonds is 5. The Morgan fingerprint density at radius 1 is 1.29 bits per heavy atom. The number of carbonyl (C=O) groups excluding carboxylic acids is 1. The summed E-state index contributed by atoms with van der Waals surface area (Å²) in [5.41, 5.74) is 1.29. The van der Waals surface area contributed by atoms with Gasteiger partial charge < -0.3 is 15.3 Å². The predicted octanol–water partition coefficient (Wildman–Crippen LogP) is 2.00. The smallest absolute Gasteiger partial charge is 0.232 e. The van der Waals surface area contributed by atoms with Gasteiger partial charge >= 0.3 is 0 Å². The Kier molecular flexibility index (Phi) is 4.76. The molecule has 3 rings (SSSR count). The van der Waals surface area contributed by atoms with E-state index in [-0.39, 0.29) is 12.5 Å². The number of aromatic nitrogens is 2. The number of aryl methyl sites for hydroxylation is 1. The summed E-state index contributed by atoms with van der Waals surface area (Å²) in [7, 11) is 0. The summed E-state index contributed by atoms with van der Waals surface area (Å²) in [4.78, 5) is 23.4. The molecule has 2 N–H and O–H groups in total. The van der Waals surface area contributed by atoms with Gasteiger partial charge in [0, 0.05) is 37.8 Å². The van der Waals surface area contributed by atoms with Crippen molar-refractivity contribution in [1.29, 1.82) is 0 Å². The van der Waals surface area contributed by atoms with Crippen LogP contribution in [-0.2, 0) is 4.79 Å². The van der Waals surface area contributed by atoms with Gasteiger partial charge in [-0.05, 0) is 38.0 Å². The fourth-order valence-corrected chi connectivity index (χ4v) is 3.12. The molecule has 0 saturated carbocycles. The SMILES string of the molecule is Cc1ccc(NC(=O)[C@@]2(CCO)CCN(c3ncccn3)C2)cc1. The molecule has 0 unspecified atom stereocenters. The number of aliphatic hydroxyl groups excluding tert-OH is 1. The fourth-order valence-electron chi connectivity index (χ4n) is 3.12. The van der Waals surface area contributed by atoms with Gasteiger partial charge in [0.1, 0.15) is 0 Å². The molecule has 6 heteroatoms. The lowest BCUT2D eigenvalue weighted by atomic mass is 9.82. The molecule has 24 heavy (non-hydrogen) atoms. The summed E-state index contributed by atoms with van der Waals surface area (Å²) in [6.07, 6.45) is 4.49. The molecular weight excluding hydrogens is 304 g/mol. The molecule has 1 atom stereocenters. The second-order valence-corrected chi connectivity index (χ2v) is 6.29. The maximum Gasteiger partial charge on any atom is 0.232 e. The Hall–Kier alpha value is -2.47. The second-order valence-electron chi connectivity index (χ2n) is 6.29. The number of hydrogen-bond acceptors (Lipinski definition) is 5. The van der Waals surface area contributed by atoms with E-state index in [0.29, 0.717) is 31.9 Å². The minimum absolute atomic E-state index is 0.0230. The Labute approximate surface area is 141 Å². The normalized spacial score (nSPS) is 20.2. The number of anilines is 2. The van der Waals surface area contributed by atoms with E-state index in [2.05, 4.69) is 15.3 Å². The van der Waals surface area contributed by atoms with Gasteiger partial charge in [0.05, 0.1) is 5.41 Å². The van der Waals surface area contributed by atoms with Gasteiger partial charge in [0.2, 0.25) is 11.9 Å². The molecule has 1 aliphatic rings. The van der Waals surface area contributed by atoms with Crippen molar-refractivity contribution in [2.24, 2.45) is 5.41 Å². The highest BCUT2D eigenvalue weighted by atomic mass is 16.3. The molecule has 1 aromatic heterocycles. The molecule has 0 bridgehead atoms. The number of aliphatic hydroxyl groups is 1. The zero-order valence-electron chi connectivity index (χ0n) is 13.8. The molecule has 1 fully saturated rings. The van der Waals surface area contributed by atoms with Crippen molar-refractivity contribution in [3.8, 4) is 0 Å². The van der Waals surface area contributed by atoms with Gasteiger partial charge in [-0.3, -0.25) is 4.79 Å². The van der Waals surface area contributed by atoms with E-state index in [1.165, 1.54) is 0 Å². The molecule has 1 aliphatic heterocycles. The summed E-state index contributed by atoms with van der Waals surface area (Å²) in [6, 6.07) is 9.49. The summed E-state index contributed by atoms with van der Waals surface area (Å²) >= 11 is 0. The second kappa shape index (κ2) is 6.97. The number of benzene rings is 1. The van der Waals surface area contributed by atoms with Crippen molar-refractivity contribution in [1.82, 2.24) is 9.97 Å². The van der Waals surface area contributed by atoms with Crippen LogP contribution >= 0.6 is 0 Å². The molecule has 126 valence electrons. The molecule has 1 amide bonds. The van der Waals surface area contributed by atoms with E-state index < -0.39 is 5.41 Å². The number of amides is 1. The summed E-state index contributed by atoms with van der Waals surface area (Å²) in [5.74, 6) is 0.569. The van der Waals surface area contributed by atoms with Crippen LogP contribution in [-0.4, -0.2) is 40.7 Å². The average molecular weight is 326 g/mol. The third kappa shape index (κ3) is 3.38. The van der Waals surface area contributed by atoms with Gasteiger partial charge in [-0.1, -0.05) is 17.7 Å². The fraction of sp³-hybridized carbons (Fsp3) is 0.389. The van der Waals surface area contributed by atoms with Gasteiger partial charge in [0.25, 0.3) is 0 Å². The Bertz CT molecular complexity index is 690. The quantitative estimate of drug-likeness (QED) is 0.879. The van der Waals surface area contributed by atoms with Crippen LogP contribution in [0.4, 0.5) is 11.6 Å². The lowest BCUT2D eigenvalue weighted by Crippen LogP contribution is -2.40. The van der Waals surface area contributed by atoms with E-state index in [0.717, 1.165) is 11.3 Å². The van der Waals surface area contributed by atoms with Crippen molar-refractivity contribution in [2.45, 2.75) is 19.8 Å². The molecule has 1 saturated heterocycles. The van der Waals surface area contributed by atoms with Crippen molar-refractivity contribution in [3.05, 3.63) is 48.3 Å². The molecule has 0 aliphatic carbocycles. The maximum absolute atomic E-state index is 12.9. The molecule has 0 radical (unpaired) electrons. The van der Waals surface area contributed by atoms with Crippen molar-refractivity contribution in [2.75, 3.05) is 29.9 Å². The summed E-state index contributed by atoms with van der Waals surface area (Å²) in [5, 5.41) is 12.5. The molecule has 1 aromatic carbocycles. The third-order valence-electron chi connectivity index (χ3n) is 4.57. The van der Waals surface area contributed by atoms with Crippen LogP contribution in [0.15, 0.2) is 42.7 Å². The highest BCUT2D eigenvalue weighted by Gasteiger charge is 2.44. The largest absolute Gasteiger partial charge is 0.396 e. The zero-order valence-corrected chi connectivity index (χ0v) is 13.8. The minimum Gasteiger partial charge on any atom is -0.396 e. The number of hydrogen-bond donors (Lipinski definition) is 2. The van der Waals surface area contributed by atoms with E-state index in [1.807, 2.05) is 36.1 Å². The molecule has 2 heterocycles. The Morgan fingerprint density at radius 3 is 2.67 bits per heavy atom. The number of nitrogens with zero attached hydrogens (tertiary/aromatic N) is 3. The standard InChI is InChI=1S/C18H22N4O2/c1-14-3-5-15(6-4-14)21-16(24)18(8-12-23)7-11-22(13-18)17-19-9-2-10-20-17/h2-6,9-10,23H,7-8,11-13H2,1H3,(H,21,24)/t18-/m1/s1. The van der Waals surface area contributed by atoms with Crippen LogP contribution in [0.5, 0.6) is 0 Å². The minimum atomic E-state index is -0.626. The summed E-state index contributed by atoms with van der Waals surface area (Å²) in [6.45, 7) is 3.19. The van der Waals surface area contributed by atoms with Crippen LogP contribution in [0.2, 0.25) is 0 Å². The van der Waals surface area contributed by atoms with Crippen molar-refractivity contribution < 1.29 is 9.90 Å². The lowest BCUT2D eigenvalue weighted by molar-refractivity contribution is -0.125. The van der Waals surface area contributed by atoms with Gasteiger partial charge in [0.15, 0.2) is 0 Å². The van der Waals surface area contributed by atoms with E-state index >= 15 is 0 Å². The van der Waals surface area contributed by atoms with Crippen LogP contribution < -0.4 is 10.2 Å². The first-order valence-corrected chi connectivity index (χ1v) is 8.14. The first kappa shape index (κ1) is 16.4. The van der Waals surface area contributed by atoms with E-state index in [1.54, 1.807) is 18.5 Å². The van der Waals surface area contributed by atoms with Crippen LogP contribution in [0, 0.1) is 12.3 Å². The molecule has 2 aromatic rings.